The zero-order valence-corrected chi connectivity index (χ0v) is 29.2. The van der Waals surface area contributed by atoms with Crippen LogP contribution in [0.5, 0.6) is 0 Å². The van der Waals surface area contributed by atoms with Crippen LogP contribution in [0.4, 0.5) is 0 Å². The van der Waals surface area contributed by atoms with Gasteiger partial charge in [-0.05, 0) is 86.2 Å². The fraction of sp³-hybridized carbons (Fsp3) is 0. The molecule has 4 heterocycles. The summed E-state index contributed by atoms with van der Waals surface area (Å²) in [5.74, 6) is 0.742. The van der Waals surface area contributed by atoms with Crippen LogP contribution >= 0.6 is 0 Å². The molecular formula is C50H27N3O2. The van der Waals surface area contributed by atoms with Crippen LogP contribution < -0.4 is 0 Å². The van der Waals surface area contributed by atoms with Crippen molar-refractivity contribution < 1.29 is 8.83 Å². The van der Waals surface area contributed by atoms with Crippen molar-refractivity contribution in [2.24, 2.45) is 0 Å². The molecule has 0 bridgehead atoms. The molecule has 55 heavy (non-hydrogen) atoms. The fourth-order valence-corrected chi connectivity index (χ4v) is 9.23. The fourth-order valence-electron chi connectivity index (χ4n) is 9.23. The molecule has 0 aliphatic carbocycles. The smallest absolute Gasteiger partial charge is 0.247 e. The van der Waals surface area contributed by atoms with Gasteiger partial charge in [-0.25, -0.2) is 9.97 Å². The predicted molar refractivity (Wildman–Crippen MR) is 226 cm³/mol. The molecule has 0 radical (unpaired) electrons. The molecule has 5 nitrogen and oxygen atoms in total. The first-order valence-electron chi connectivity index (χ1n) is 18.6. The molecule has 5 heteroatoms. The van der Waals surface area contributed by atoms with Crippen molar-refractivity contribution in [1.82, 2.24) is 14.5 Å². The Balaban J connectivity index is 1.25. The Morgan fingerprint density at radius 3 is 1.76 bits per heavy atom. The Labute approximate surface area is 312 Å². The summed E-state index contributed by atoms with van der Waals surface area (Å²) >= 11 is 0. The Bertz CT molecular complexity index is 3760. The van der Waals surface area contributed by atoms with Crippen molar-refractivity contribution in [3.63, 3.8) is 0 Å². The Kier molecular flexibility index (Phi) is 5.57. The predicted octanol–water partition coefficient (Wildman–Crippen LogP) is 13.7. The van der Waals surface area contributed by atoms with Gasteiger partial charge < -0.3 is 8.83 Å². The Morgan fingerprint density at radius 1 is 0.382 bits per heavy atom. The van der Waals surface area contributed by atoms with E-state index in [1.165, 1.54) is 53.9 Å². The normalized spacial score (nSPS) is 12.4. The average Bonchev–Trinajstić information content (AvgIpc) is 3.92. The van der Waals surface area contributed by atoms with Crippen LogP contribution in [-0.4, -0.2) is 14.5 Å². The third-order valence-electron chi connectivity index (χ3n) is 11.6. The van der Waals surface area contributed by atoms with Crippen molar-refractivity contribution >= 4 is 109 Å². The molecule has 4 aromatic heterocycles. The van der Waals surface area contributed by atoms with Crippen molar-refractivity contribution in [2.45, 2.75) is 0 Å². The van der Waals surface area contributed by atoms with Gasteiger partial charge in [0.05, 0.1) is 11.0 Å². The second kappa shape index (κ2) is 10.6. The van der Waals surface area contributed by atoms with E-state index in [2.05, 4.69) is 132 Å². The second-order valence-electron chi connectivity index (χ2n) is 14.4. The summed E-state index contributed by atoms with van der Waals surface area (Å²) < 4.78 is 15.0. The van der Waals surface area contributed by atoms with Gasteiger partial charge in [0, 0.05) is 37.9 Å². The number of hydrogen-bond acceptors (Lipinski definition) is 4. The maximum Gasteiger partial charge on any atom is 0.247 e. The van der Waals surface area contributed by atoms with E-state index in [1.54, 1.807) is 0 Å². The minimum atomic E-state index is 0.506. The van der Waals surface area contributed by atoms with E-state index in [0.29, 0.717) is 5.71 Å². The number of aromatic nitrogens is 3. The zero-order chi connectivity index (χ0) is 35.8. The highest BCUT2D eigenvalue weighted by Crippen LogP contribution is 2.46. The van der Waals surface area contributed by atoms with Gasteiger partial charge in [0.15, 0.2) is 5.82 Å². The molecule has 0 aliphatic rings. The largest absolute Gasteiger partial charge is 0.456 e. The zero-order valence-electron chi connectivity index (χ0n) is 29.2. The van der Waals surface area contributed by atoms with Crippen LogP contribution in [0.3, 0.4) is 0 Å². The monoisotopic (exact) mass is 701 g/mol. The summed E-state index contributed by atoms with van der Waals surface area (Å²) in [5.41, 5.74) is 7.48. The van der Waals surface area contributed by atoms with E-state index >= 15 is 0 Å². The summed E-state index contributed by atoms with van der Waals surface area (Å²) in [4.78, 5) is 10.9. The van der Waals surface area contributed by atoms with E-state index in [0.717, 1.165) is 66.5 Å². The van der Waals surface area contributed by atoms with Crippen molar-refractivity contribution in [2.75, 3.05) is 0 Å². The molecule has 9 aromatic carbocycles. The summed E-state index contributed by atoms with van der Waals surface area (Å²) in [6.45, 7) is 0. The maximum absolute atomic E-state index is 6.41. The second-order valence-corrected chi connectivity index (χ2v) is 14.4. The van der Waals surface area contributed by atoms with Gasteiger partial charge in [-0.1, -0.05) is 115 Å². The van der Waals surface area contributed by atoms with Gasteiger partial charge in [-0.2, -0.15) is 0 Å². The third kappa shape index (κ3) is 3.86. The van der Waals surface area contributed by atoms with Gasteiger partial charge in [-0.15, -0.1) is 0 Å². The van der Waals surface area contributed by atoms with E-state index < -0.39 is 0 Å². The lowest BCUT2D eigenvalue weighted by atomic mass is 9.91. The van der Waals surface area contributed by atoms with Crippen LogP contribution in [0.2, 0.25) is 0 Å². The SMILES string of the molecule is c1ccc2c(c1)ccc1c2c2c3c4ccccc4c4ccccc4c3ccc2n1-c1nc2c(nc1-c1ccc3oc4ccccc4c3c1)oc1ccccc12. The summed E-state index contributed by atoms with van der Waals surface area (Å²) in [7, 11) is 0. The first kappa shape index (κ1) is 29.0. The molecule has 0 fully saturated rings. The molecule has 0 atom stereocenters. The van der Waals surface area contributed by atoms with E-state index in [-0.39, 0.29) is 0 Å². The molecule has 0 spiro atoms. The highest BCUT2D eigenvalue weighted by atomic mass is 16.3. The lowest BCUT2D eigenvalue weighted by Crippen LogP contribution is -2.03. The lowest BCUT2D eigenvalue weighted by molar-refractivity contribution is 0.653. The van der Waals surface area contributed by atoms with Crippen LogP contribution in [0.1, 0.15) is 0 Å². The lowest BCUT2D eigenvalue weighted by Gasteiger charge is -2.14. The number of rotatable bonds is 2. The van der Waals surface area contributed by atoms with Crippen LogP contribution in [-0.2, 0) is 0 Å². The molecule has 254 valence electrons. The van der Waals surface area contributed by atoms with Gasteiger partial charge in [0.1, 0.15) is 28.0 Å². The molecule has 0 saturated heterocycles. The highest BCUT2D eigenvalue weighted by molar-refractivity contribution is 6.38. The van der Waals surface area contributed by atoms with E-state index in [9.17, 15) is 0 Å². The van der Waals surface area contributed by atoms with Gasteiger partial charge in [0.2, 0.25) is 5.71 Å². The molecule has 0 aliphatic heterocycles. The molecule has 0 saturated carbocycles. The van der Waals surface area contributed by atoms with Crippen LogP contribution in [0, 0.1) is 0 Å². The minimum Gasteiger partial charge on any atom is -0.456 e. The topological polar surface area (TPSA) is 57.0 Å². The third-order valence-corrected chi connectivity index (χ3v) is 11.6. The first-order chi connectivity index (χ1) is 27.3. The number of nitrogens with zero attached hydrogens (tertiary/aromatic N) is 3. The maximum atomic E-state index is 6.41. The van der Waals surface area contributed by atoms with Crippen molar-refractivity contribution in [3.05, 3.63) is 164 Å². The summed E-state index contributed by atoms with van der Waals surface area (Å²) in [6, 6.07) is 57.9. The van der Waals surface area contributed by atoms with E-state index in [1.807, 2.05) is 36.4 Å². The van der Waals surface area contributed by atoms with Gasteiger partial charge in [-0.3, -0.25) is 4.57 Å². The standard InChI is InChI=1S/C50H27N3O2/c1-2-12-30-28(11-1)21-24-39-45(30)46-40(25-23-36-33-15-4-3-13-31(33)32-14-5-6-17-35(32)44(36)46)53(39)49-47(52-50-48(51-49)37-18-8-10-20-42(37)55-50)29-22-26-43-38(27-29)34-16-7-9-19-41(34)54-43/h1-27H. The van der Waals surface area contributed by atoms with Crippen molar-refractivity contribution in [1.29, 1.82) is 0 Å². The van der Waals surface area contributed by atoms with E-state index in [4.69, 9.17) is 18.8 Å². The minimum absolute atomic E-state index is 0.506. The number of fused-ring (bicyclic) bond motifs is 18. The molecule has 13 aromatic rings. The van der Waals surface area contributed by atoms with Crippen LogP contribution in [0.15, 0.2) is 173 Å². The number of para-hydroxylation sites is 2. The molecule has 13 rings (SSSR count). The summed E-state index contributed by atoms with van der Waals surface area (Å²) in [5, 5.41) is 15.3. The molecule has 0 unspecified atom stereocenters. The van der Waals surface area contributed by atoms with Crippen molar-refractivity contribution in [3.8, 4) is 17.1 Å². The number of furan rings is 2. The Hall–Kier alpha value is -7.50. The molecule has 0 N–H and O–H groups in total. The average molecular weight is 702 g/mol. The van der Waals surface area contributed by atoms with Gasteiger partial charge >= 0.3 is 0 Å². The van der Waals surface area contributed by atoms with Gasteiger partial charge in [0.25, 0.3) is 0 Å². The van der Waals surface area contributed by atoms with Crippen LogP contribution in [0.25, 0.3) is 126 Å². The molecule has 0 amide bonds. The highest BCUT2D eigenvalue weighted by Gasteiger charge is 2.25. The quantitative estimate of drug-likeness (QED) is 0.168. The molecular weight excluding hydrogens is 675 g/mol. The first-order valence-corrected chi connectivity index (χ1v) is 18.6. The number of benzene rings is 9. The summed E-state index contributed by atoms with van der Waals surface area (Å²) in [6.07, 6.45) is 0. The number of hydrogen-bond donors (Lipinski definition) is 0. The Morgan fingerprint density at radius 2 is 0.964 bits per heavy atom.